The second-order valence-electron chi connectivity index (χ2n) is 3.85. The molecular formula is C13H13NO3. The quantitative estimate of drug-likeness (QED) is 0.814. The maximum Gasteiger partial charge on any atom is 0.214 e. The number of nitrogens with zero attached hydrogens (tertiary/aromatic N) is 1. The molecule has 0 saturated carbocycles. The Morgan fingerprint density at radius 2 is 2.06 bits per heavy atom. The van der Waals surface area contributed by atoms with Gasteiger partial charge >= 0.3 is 0 Å². The summed E-state index contributed by atoms with van der Waals surface area (Å²) in [4.78, 5) is 12.0. The number of hydrogen-bond donors (Lipinski definition) is 1. The van der Waals surface area contributed by atoms with Gasteiger partial charge < -0.3 is 9.63 Å². The van der Waals surface area contributed by atoms with Crippen molar-refractivity contribution in [2.75, 3.05) is 6.61 Å². The zero-order valence-electron chi connectivity index (χ0n) is 9.51. The van der Waals surface area contributed by atoms with Gasteiger partial charge in [0.2, 0.25) is 5.78 Å². The van der Waals surface area contributed by atoms with Crippen LogP contribution in [0.3, 0.4) is 0 Å². The van der Waals surface area contributed by atoms with Crippen molar-refractivity contribution in [1.82, 2.24) is 5.16 Å². The van der Waals surface area contributed by atoms with Gasteiger partial charge in [0.25, 0.3) is 0 Å². The van der Waals surface area contributed by atoms with Gasteiger partial charge in [0.1, 0.15) is 5.76 Å². The fraction of sp³-hybridized carbons (Fsp3) is 0.231. The Labute approximate surface area is 98.9 Å². The van der Waals surface area contributed by atoms with Crippen LogP contribution in [-0.2, 0) is 6.42 Å². The summed E-state index contributed by atoms with van der Waals surface area (Å²) in [6, 6.07) is 8.85. The van der Waals surface area contributed by atoms with Gasteiger partial charge in [-0.1, -0.05) is 35.0 Å². The summed E-state index contributed by atoms with van der Waals surface area (Å²) < 4.78 is 4.94. The summed E-state index contributed by atoms with van der Waals surface area (Å²) in [5, 5.41) is 12.4. The molecule has 2 rings (SSSR count). The summed E-state index contributed by atoms with van der Waals surface area (Å²) in [6.07, 6.45) is 0.369. The molecule has 17 heavy (non-hydrogen) atoms. The van der Waals surface area contributed by atoms with Crippen LogP contribution in [0.5, 0.6) is 0 Å². The first-order chi connectivity index (χ1) is 8.20. The Morgan fingerprint density at radius 1 is 1.35 bits per heavy atom. The van der Waals surface area contributed by atoms with E-state index < -0.39 is 0 Å². The largest absolute Gasteiger partial charge is 0.396 e. The molecule has 0 atom stereocenters. The van der Waals surface area contributed by atoms with Crippen LogP contribution in [0.15, 0.2) is 34.9 Å². The lowest BCUT2D eigenvalue weighted by Gasteiger charge is -1.97. The molecule has 0 aliphatic carbocycles. The Morgan fingerprint density at radius 3 is 2.71 bits per heavy atom. The molecule has 88 valence electrons. The maximum absolute atomic E-state index is 12.0. The highest BCUT2D eigenvalue weighted by molar-refractivity contribution is 6.07. The minimum absolute atomic E-state index is 0.0205. The van der Waals surface area contributed by atoms with Crippen LogP contribution in [0.25, 0.3) is 0 Å². The molecule has 0 radical (unpaired) electrons. The fourth-order valence-corrected chi connectivity index (χ4v) is 1.50. The molecule has 0 saturated heterocycles. The number of hydrogen-bond acceptors (Lipinski definition) is 4. The van der Waals surface area contributed by atoms with Crippen molar-refractivity contribution in [1.29, 1.82) is 0 Å². The highest BCUT2D eigenvalue weighted by atomic mass is 16.5. The molecular weight excluding hydrogens is 218 g/mol. The minimum Gasteiger partial charge on any atom is -0.396 e. The Bertz CT molecular complexity index is 514. The van der Waals surface area contributed by atoms with Gasteiger partial charge in [-0.15, -0.1) is 0 Å². The predicted molar refractivity (Wildman–Crippen MR) is 61.9 cm³/mol. The molecule has 0 fully saturated rings. The smallest absolute Gasteiger partial charge is 0.214 e. The van der Waals surface area contributed by atoms with Crippen molar-refractivity contribution in [3.8, 4) is 0 Å². The third-order valence-corrected chi connectivity index (χ3v) is 2.46. The van der Waals surface area contributed by atoms with Crippen molar-refractivity contribution in [2.24, 2.45) is 0 Å². The van der Waals surface area contributed by atoms with Gasteiger partial charge in [-0.25, -0.2) is 0 Å². The monoisotopic (exact) mass is 231 g/mol. The van der Waals surface area contributed by atoms with Crippen molar-refractivity contribution < 1.29 is 14.4 Å². The van der Waals surface area contributed by atoms with Crippen molar-refractivity contribution in [3.05, 3.63) is 52.9 Å². The SMILES string of the molecule is Cc1ccc(C(=O)c2cc(CCO)on2)cc1. The number of rotatable bonds is 4. The first-order valence-electron chi connectivity index (χ1n) is 5.38. The topological polar surface area (TPSA) is 63.3 Å². The van der Waals surface area contributed by atoms with Crippen molar-refractivity contribution in [2.45, 2.75) is 13.3 Å². The Kier molecular flexibility index (Phi) is 3.35. The second-order valence-corrected chi connectivity index (χ2v) is 3.85. The van der Waals surface area contributed by atoms with Crippen LogP contribution in [0.4, 0.5) is 0 Å². The van der Waals surface area contributed by atoms with E-state index in [1.165, 1.54) is 0 Å². The van der Waals surface area contributed by atoms with Crippen LogP contribution in [-0.4, -0.2) is 22.7 Å². The summed E-state index contributed by atoms with van der Waals surface area (Å²) >= 11 is 0. The molecule has 4 nitrogen and oxygen atoms in total. The number of aliphatic hydroxyl groups excluding tert-OH is 1. The number of carbonyl (C=O) groups excluding carboxylic acids is 1. The first-order valence-corrected chi connectivity index (χ1v) is 5.38. The van der Waals surface area contributed by atoms with Crippen LogP contribution < -0.4 is 0 Å². The standard InChI is InChI=1S/C13H13NO3/c1-9-2-4-10(5-3-9)13(16)12-8-11(6-7-15)17-14-12/h2-5,8,15H,6-7H2,1H3. The number of benzene rings is 1. The second kappa shape index (κ2) is 4.93. The van der Waals surface area contributed by atoms with Gasteiger partial charge in [0.05, 0.1) is 6.61 Å². The van der Waals surface area contributed by atoms with Crippen molar-refractivity contribution in [3.63, 3.8) is 0 Å². The van der Waals surface area contributed by atoms with Crippen molar-refractivity contribution >= 4 is 5.78 Å². The Hall–Kier alpha value is -1.94. The lowest BCUT2D eigenvalue weighted by atomic mass is 10.1. The molecule has 1 heterocycles. The van der Waals surface area contributed by atoms with E-state index in [2.05, 4.69) is 5.16 Å². The third kappa shape index (κ3) is 2.60. The van der Waals surface area contributed by atoms with E-state index in [0.29, 0.717) is 17.7 Å². The average Bonchev–Trinajstić information content (AvgIpc) is 2.78. The highest BCUT2D eigenvalue weighted by Crippen LogP contribution is 2.11. The van der Waals surface area contributed by atoms with Crippen LogP contribution in [0.2, 0.25) is 0 Å². The van der Waals surface area contributed by atoms with Crippen LogP contribution in [0.1, 0.15) is 27.4 Å². The van der Waals surface area contributed by atoms with E-state index >= 15 is 0 Å². The highest BCUT2D eigenvalue weighted by Gasteiger charge is 2.14. The maximum atomic E-state index is 12.0. The van der Waals surface area contributed by atoms with Gasteiger partial charge in [-0.05, 0) is 6.92 Å². The van der Waals surface area contributed by atoms with Crippen LogP contribution in [0, 0.1) is 6.92 Å². The van der Waals surface area contributed by atoms with E-state index in [1.807, 2.05) is 19.1 Å². The normalized spacial score (nSPS) is 10.5. The third-order valence-electron chi connectivity index (χ3n) is 2.46. The molecule has 0 amide bonds. The average molecular weight is 231 g/mol. The summed E-state index contributed by atoms with van der Waals surface area (Å²) in [6.45, 7) is 1.94. The van der Waals surface area contributed by atoms with E-state index in [9.17, 15) is 4.79 Å². The molecule has 0 unspecified atom stereocenters. The van der Waals surface area contributed by atoms with E-state index in [4.69, 9.17) is 9.63 Å². The lowest BCUT2D eigenvalue weighted by Crippen LogP contribution is -2.01. The summed E-state index contributed by atoms with van der Waals surface area (Å²) in [5.74, 6) is 0.348. The predicted octanol–water partition coefficient (Wildman–Crippen LogP) is 1.75. The number of aliphatic hydroxyl groups is 1. The molecule has 0 aliphatic rings. The summed E-state index contributed by atoms with van der Waals surface area (Å²) in [5.41, 5.74) is 1.96. The molecule has 1 N–H and O–H groups in total. The van der Waals surface area contributed by atoms with E-state index in [1.54, 1.807) is 18.2 Å². The fourth-order valence-electron chi connectivity index (χ4n) is 1.50. The van der Waals surface area contributed by atoms with Gasteiger partial charge in [0, 0.05) is 18.1 Å². The molecule has 0 bridgehead atoms. The minimum atomic E-state index is -0.169. The molecule has 1 aromatic heterocycles. The zero-order chi connectivity index (χ0) is 12.3. The number of ketones is 1. The number of aryl methyl sites for hydroxylation is 1. The molecule has 4 heteroatoms. The first kappa shape index (κ1) is 11.5. The lowest BCUT2D eigenvalue weighted by molar-refractivity contribution is 0.103. The van der Waals surface area contributed by atoms with Gasteiger partial charge in [-0.3, -0.25) is 4.79 Å². The van der Waals surface area contributed by atoms with E-state index in [-0.39, 0.29) is 18.1 Å². The molecule has 0 spiro atoms. The molecule has 2 aromatic rings. The number of carbonyl (C=O) groups is 1. The molecule has 0 aliphatic heterocycles. The van der Waals surface area contributed by atoms with E-state index in [0.717, 1.165) is 5.56 Å². The van der Waals surface area contributed by atoms with Gasteiger partial charge in [-0.2, -0.15) is 0 Å². The number of aromatic nitrogens is 1. The van der Waals surface area contributed by atoms with Gasteiger partial charge in [0.15, 0.2) is 5.69 Å². The Balaban J connectivity index is 2.21. The zero-order valence-corrected chi connectivity index (χ0v) is 9.51. The summed E-state index contributed by atoms with van der Waals surface area (Å²) in [7, 11) is 0. The van der Waals surface area contributed by atoms with Crippen LogP contribution >= 0.6 is 0 Å². The molecule has 1 aromatic carbocycles.